The second-order valence-corrected chi connectivity index (χ2v) is 15.3. The molecule has 30 heavy (non-hydrogen) atoms. The molecule has 3 heteroatoms. The van der Waals surface area contributed by atoms with E-state index in [1.807, 2.05) is 0 Å². The van der Waals surface area contributed by atoms with Gasteiger partial charge in [-0.25, -0.2) is 0 Å². The minimum atomic E-state index is -0.0566. The highest BCUT2D eigenvalue weighted by Gasteiger charge is 2.29. The largest absolute Gasteiger partial charge is 0.272 e. The van der Waals surface area contributed by atoms with Crippen molar-refractivity contribution in [1.29, 1.82) is 0 Å². The molecular formula is C27H49NP2. The van der Waals surface area contributed by atoms with Crippen molar-refractivity contribution in [2.45, 2.75) is 104 Å². The van der Waals surface area contributed by atoms with Crippen LogP contribution >= 0.6 is 16.0 Å². The van der Waals surface area contributed by atoms with E-state index in [1.165, 1.54) is 81.3 Å². The first-order valence-corrected chi connectivity index (χ1v) is 16.3. The van der Waals surface area contributed by atoms with E-state index in [1.54, 1.807) is 5.56 Å². The van der Waals surface area contributed by atoms with Gasteiger partial charge in [0.2, 0.25) is 0 Å². The molecule has 1 nitrogen and oxygen atoms in total. The molecule has 1 aromatic carbocycles. The van der Waals surface area contributed by atoms with Gasteiger partial charge in [0, 0.05) is 12.1 Å². The monoisotopic (exact) mass is 449 g/mol. The van der Waals surface area contributed by atoms with Crippen molar-refractivity contribution in [3.63, 3.8) is 0 Å². The number of rotatable bonds is 13. The van der Waals surface area contributed by atoms with Crippen LogP contribution in [0.1, 0.15) is 104 Å². The summed E-state index contributed by atoms with van der Waals surface area (Å²) >= 11 is 0. The van der Waals surface area contributed by atoms with Crippen molar-refractivity contribution in [3.05, 3.63) is 35.4 Å². The van der Waals surface area contributed by atoms with E-state index >= 15 is 0 Å². The molecule has 0 spiro atoms. The van der Waals surface area contributed by atoms with Crippen LogP contribution in [-0.4, -0.2) is 41.0 Å². The summed E-state index contributed by atoms with van der Waals surface area (Å²) in [6.45, 7) is 15.6. The SMILES string of the molecule is CCCP(CCC)CCP(CCC)N(Cc1ccc(C2CCCC2)cc1)C(C)(C)C. The lowest BCUT2D eigenvalue weighted by atomic mass is 9.96. The molecular weight excluding hydrogens is 400 g/mol. The molecule has 0 amide bonds. The van der Waals surface area contributed by atoms with Crippen LogP contribution in [0, 0.1) is 0 Å². The van der Waals surface area contributed by atoms with Crippen molar-refractivity contribution >= 4 is 16.0 Å². The van der Waals surface area contributed by atoms with Crippen molar-refractivity contribution in [2.24, 2.45) is 0 Å². The van der Waals surface area contributed by atoms with Gasteiger partial charge in [-0.05, 0) is 89.5 Å². The zero-order chi connectivity index (χ0) is 22.0. The van der Waals surface area contributed by atoms with E-state index in [-0.39, 0.29) is 21.5 Å². The maximum absolute atomic E-state index is 2.89. The Morgan fingerprint density at radius 3 is 1.87 bits per heavy atom. The highest BCUT2D eigenvalue weighted by atomic mass is 31.1. The average Bonchev–Trinajstić information content (AvgIpc) is 3.24. The van der Waals surface area contributed by atoms with Crippen molar-refractivity contribution in [1.82, 2.24) is 4.67 Å². The molecule has 0 radical (unpaired) electrons. The third-order valence-electron chi connectivity index (χ3n) is 6.49. The lowest BCUT2D eigenvalue weighted by Crippen LogP contribution is -2.38. The van der Waals surface area contributed by atoms with Gasteiger partial charge in [-0.1, -0.05) is 77.1 Å². The van der Waals surface area contributed by atoms with Crippen molar-refractivity contribution in [2.75, 3.05) is 30.8 Å². The molecule has 0 saturated heterocycles. The summed E-state index contributed by atoms with van der Waals surface area (Å²) in [6.07, 6.45) is 17.0. The summed E-state index contributed by atoms with van der Waals surface area (Å²) in [5, 5.41) is 0. The summed E-state index contributed by atoms with van der Waals surface area (Å²) in [5.41, 5.74) is 3.34. The predicted octanol–water partition coefficient (Wildman–Crippen LogP) is 9.05. The zero-order valence-electron chi connectivity index (χ0n) is 20.9. The smallest absolute Gasteiger partial charge is 0.0278 e. The Morgan fingerprint density at radius 2 is 1.37 bits per heavy atom. The van der Waals surface area contributed by atoms with E-state index in [9.17, 15) is 0 Å². The Labute approximate surface area is 191 Å². The van der Waals surface area contributed by atoms with Gasteiger partial charge in [0.1, 0.15) is 0 Å². The summed E-state index contributed by atoms with van der Waals surface area (Å²) in [7, 11) is 0.199. The quantitative estimate of drug-likeness (QED) is 0.271. The molecule has 0 aromatic heterocycles. The lowest BCUT2D eigenvalue weighted by Gasteiger charge is -2.42. The standard InChI is InChI=1S/C27H49NP2/c1-7-18-29(19-8-2)21-22-30(20-9-3)28(27(4,5)6)23-24-14-16-26(17-15-24)25-12-10-11-13-25/h14-17,25H,7-13,18-23H2,1-6H3. The second-order valence-electron chi connectivity index (χ2n) is 10.2. The summed E-state index contributed by atoms with van der Waals surface area (Å²) in [4.78, 5) is 0. The van der Waals surface area contributed by atoms with E-state index in [4.69, 9.17) is 0 Å². The normalized spacial score (nSPS) is 16.7. The van der Waals surface area contributed by atoms with Gasteiger partial charge in [-0.2, -0.15) is 0 Å². The highest BCUT2D eigenvalue weighted by Crippen LogP contribution is 2.50. The number of benzene rings is 1. The molecule has 1 aromatic rings. The highest BCUT2D eigenvalue weighted by molar-refractivity contribution is 7.60. The fraction of sp³-hybridized carbons (Fsp3) is 0.778. The van der Waals surface area contributed by atoms with Crippen LogP contribution in [0.4, 0.5) is 0 Å². The van der Waals surface area contributed by atoms with Gasteiger partial charge in [-0.15, -0.1) is 7.92 Å². The molecule has 1 atom stereocenters. The molecule has 0 bridgehead atoms. The van der Waals surface area contributed by atoms with E-state index < -0.39 is 0 Å². The van der Waals surface area contributed by atoms with Gasteiger partial charge >= 0.3 is 0 Å². The molecule has 1 aliphatic rings. The average molecular weight is 450 g/mol. The van der Waals surface area contributed by atoms with E-state index in [2.05, 4.69) is 70.5 Å². The summed E-state index contributed by atoms with van der Waals surface area (Å²) in [6, 6.07) is 9.76. The molecule has 1 unspecified atom stereocenters. The van der Waals surface area contributed by atoms with Gasteiger partial charge in [0.25, 0.3) is 0 Å². The number of hydrogen-bond donors (Lipinski definition) is 0. The van der Waals surface area contributed by atoms with Gasteiger partial charge in [0.05, 0.1) is 0 Å². The molecule has 1 fully saturated rings. The van der Waals surface area contributed by atoms with Gasteiger partial charge in [0.15, 0.2) is 0 Å². The van der Waals surface area contributed by atoms with Crippen LogP contribution in [-0.2, 0) is 6.54 Å². The Kier molecular flexibility index (Phi) is 11.9. The number of nitrogens with zero attached hydrogens (tertiary/aromatic N) is 1. The number of hydrogen-bond acceptors (Lipinski definition) is 1. The van der Waals surface area contributed by atoms with E-state index in [0.717, 1.165) is 12.5 Å². The Hall–Kier alpha value is 0.0400. The predicted molar refractivity (Wildman–Crippen MR) is 142 cm³/mol. The van der Waals surface area contributed by atoms with Crippen molar-refractivity contribution in [3.8, 4) is 0 Å². The molecule has 2 rings (SSSR count). The van der Waals surface area contributed by atoms with Crippen LogP contribution in [0.15, 0.2) is 24.3 Å². The van der Waals surface area contributed by atoms with Gasteiger partial charge < -0.3 is 0 Å². The molecule has 0 N–H and O–H groups in total. The maximum atomic E-state index is 2.89. The fourth-order valence-electron chi connectivity index (χ4n) is 4.92. The lowest BCUT2D eigenvalue weighted by molar-refractivity contribution is 0.256. The Balaban J connectivity index is 2.08. The van der Waals surface area contributed by atoms with Crippen LogP contribution in [0.2, 0.25) is 0 Å². The molecule has 1 aliphatic carbocycles. The Bertz CT molecular complexity index is 566. The third kappa shape index (κ3) is 8.52. The van der Waals surface area contributed by atoms with Crippen LogP contribution in [0.25, 0.3) is 0 Å². The Morgan fingerprint density at radius 1 is 0.800 bits per heavy atom. The zero-order valence-corrected chi connectivity index (χ0v) is 22.7. The fourth-order valence-corrected chi connectivity index (χ4v) is 11.3. The molecule has 0 heterocycles. The first-order valence-electron chi connectivity index (χ1n) is 12.7. The minimum absolute atomic E-state index is 0.0566. The van der Waals surface area contributed by atoms with Crippen LogP contribution in [0.3, 0.4) is 0 Å². The molecule has 1 saturated carbocycles. The summed E-state index contributed by atoms with van der Waals surface area (Å²) in [5.74, 6) is 0.825. The third-order valence-corrected chi connectivity index (χ3v) is 13.0. The van der Waals surface area contributed by atoms with E-state index in [0.29, 0.717) is 0 Å². The minimum Gasteiger partial charge on any atom is -0.272 e. The maximum Gasteiger partial charge on any atom is 0.0278 e. The van der Waals surface area contributed by atoms with Gasteiger partial charge in [-0.3, -0.25) is 4.67 Å². The molecule has 0 aliphatic heterocycles. The second kappa shape index (κ2) is 13.6. The first kappa shape index (κ1) is 26.3. The van der Waals surface area contributed by atoms with Crippen molar-refractivity contribution < 1.29 is 0 Å². The topological polar surface area (TPSA) is 3.24 Å². The van der Waals surface area contributed by atoms with Crippen LogP contribution < -0.4 is 0 Å². The first-order chi connectivity index (χ1) is 14.4. The molecule has 172 valence electrons. The van der Waals surface area contributed by atoms with Crippen LogP contribution in [0.5, 0.6) is 0 Å². The summed E-state index contributed by atoms with van der Waals surface area (Å²) < 4.78 is 2.89.